The second kappa shape index (κ2) is 4.71. The summed E-state index contributed by atoms with van der Waals surface area (Å²) in [6.07, 6.45) is -1.38. The van der Waals surface area contributed by atoms with Gasteiger partial charge in [-0.05, 0) is 24.3 Å². The number of ketones is 1. The first-order chi connectivity index (χ1) is 8.44. The van der Waals surface area contributed by atoms with Crippen molar-refractivity contribution in [3.63, 3.8) is 0 Å². The molecule has 0 unspecified atom stereocenters. The van der Waals surface area contributed by atoms with Gasteiger partial charge in [-0.2, -0.15) is 8.78 Å². The van der Waals surface area contributed by atoms with Crippen LogP contribution < -0.4 is 0 Å². The molecule has 0 amide bonds. The van der Waals surface area contributed by atoms with Gasteiger partial charge >= 0.3 is 12.3 Å². The lowest BCUT2D eigenvalue weighted by molar-refractivity contribution is -0.0958. The minimum atomic E-state index is -4.61. The molecular weight excluding hydrogens is 248 g/mol. The van der Waals surface area contributed by atoms with Crippen LogP contribution in [0.5, 0.6) is 0 Å². The summed E-state index contributed by atoms with van der Waals surface area (Å²) in [7, 11) is 0. The fourth-order valence-electron chi connectivity index (χ4n) is 2.06. The second-order valence-electron chi connectivity index (χ2n) is 4.47. The Balaban J connectivity index is 2.36. The van der Waals surface area contributed by atoms with E-state index in [2.05, 4.69) is 0 Å². The van der Waals surface area contributed by atoms with Crippen LogP contribution in [-0.2, 0) is 0 Å². The lowest BCUT2D eigenvalue weighted by Gasteiger charge is -2.28. The van der Waals surface area contributed by atoms with E-state index in [0.717, 1.165) is 19.3 Å². The predicted octanol–water partition coefficient (Wildman–Crippen LogP) is 4.04. The first-order valence-corrected chi connectivity index (χ1v) is 5.74. The summed E-state index contributed by atoms with van der Waals surface area (Å²) in [6, 6.07) is 5.81. The fraction of sp³-hybridized carbons (Fsp3) is 0.462. The van der Waals surface area contributed by atoms with Crippen molar-refractivity contribution in [2.75, 3.05) is 0 Å². The van der Waals surface area contributed by atoms with Gasteiger partial charge < -0.3 is 0 Å². The lowest BCUT2D eigenvalue weighted by atomic mass is 9.77. The van der Waals surface area contributed by atoms with Gasteiger partial charge in [-0.25, -0.2) is 8.78 Å². The van der Waals surface area contributed by atoms with Crippen LogP contribution in [0.3, 0.4) is 0 Å². The summed E-state index contributed by atoms with van der Waals surface area (Å²) >= 11 is 0. The van der Waals surface area contributed by atoms with E-state index < -0.39 is 18.1 Å². The molecule has 1 nitrogen and oxygen atoms in total. The predicted molar refractivity (Wildman–Crippen MR) is 58.3 cm³/mol. The number of carbonyl (C=O) groups excluding carboxylic acids is 1. The summed E-state index contributed by atoms with van der Waals surface area (Å²) in [4.78, 5) is 11.5. The number of carbonyl (C=O) groups is 1. The molecular formula is C13H12F4O. The minimum absolute atomic E-state index is 0.0404. The summed E-state index contributed by atoms with van der Waals surface area (Å²) in [5, 5.41) is 0. The van der Waals surface area contributed by atoms with Crippen molar-refractivity contribution in [1.29, 1.82) is 0 Å². The van der Waals surface area contributed by atoms with Gasteiger partial charge in [0.2, 0.25) is 5.78 Å². The van der Waals surface area contributed by atoms with Crippen LogP contribution in [0.15, 0.2) is 24.3 Å². The van der Waals surface area contributed by atoms with Crippen molar-refractivity contribution in [1.82, 2.24) is 0 Å². The van der Waals surface area contributed by atoms with E-state index in [1.807, 2.05) is 0 Å². The largest absolute Gasteiger partial charge is 0.368 e. The smallest absolute Gasteiger partial charge is 0.287 e. The summed E-state index contributed by atoms with van der Waals surface area (Å²) in [6.45, 7) is 0. The molecule has 1 saturated carbocycles. The van der Waals surface area contributed by atoms with E-state index in [-0.39, 0.29) is 11.5 Å². The van der Waals surface area contributed by atoms with Gasteiger partial charge in [-0.3, -0.25) is 4.79 Å². The molecule has 0 atom stereocenters. The molecule has 0 spiro atoms. The fourth-order valence-corrected chi connectivity index (χ4v) is 2.06. The zero-order chi connectivity index (χ0) is 13.3. The van der Waals surface area contributed by atoms with Crippen LogP contribution in [0.25, 0.3) is 0 Å². The second-order valence-corrected chi connectivity index (χ2v) is 4.47. The van der Waals surface area contributed by atoms with Crippen molar-refractivity contribution in [3.05, 3.63) is 35.4 Å². The van der Waals surface area contributed by atoms with E-state index in [1.165, 1.54) is 12.1 Å². The maximum atomic E-state index is 13.1. The van der Waals surface area contributed by atoms with E-state index in [1.54, 1.807) is 12.1 Å². The van der Waals surface area contributed by atoms with Crippen LogP contribution in [-0.4, -0.2) is 18.1 Å². The highest BCUT2D eigenvalue weighted by molar-refractivity contribution is 6.03. The van der Waals surface area contributed by atoms with Gasteiger partial charge in [-0.15, -0.1) is 0 Å². The molecule has 0 aliphatic heterocycles. The summed E-state index contributed by atoms with van der Waals surface area (Å²) in [5.74, 6) is -6.35. The average molecular weight is 260 g/mol. The molecule has 0 saturated heterocycles. The Morgan fingerprint density at radius 1 is 1.22 bits per heavy atom. The Kier molecular flexibility index (Phi) is 3.41. The molecule has 18 heavy (non-hydrogen) atoms. The first-order valence-electron chi connectivity index (χ1n) is 5.74. The molecule has 5 heteroatoms. The molecule has 0 bridgehead atoms. The number of halogens is 4. The lowest BCUT2D eigenvalue weighted by Crippen LogP contribution is -2.37. The highest BCUT2D eigenvalue weighted by Gasteiger charge is 2.49. The van der Waals surface area contributed by atoms with Gasteiger partial charge in [-0.1, -0.05) is 30.7 Å². The van der Waals surface area contributed by atoms with Crippen molar-refractivity contribution in [2.45, 2.75) is 37.5 Å². The van der Waals surface area contributed by atoms with Crippen molar-refractivity contribution < 1.29 is 22.4 Å². The molecule has 1 aliphatic rings. The first kappa shape index (κ1) is 13.1. The SMILES string of the molecule is O=C(c1ccccc1C1CCC1)C(F)(F)C(F)F. The third-order valence-corrected chi connectivity index (χ3v) is 3.33. The highest BCUT2D eigenvalue weighted by atomic mass is 19.3. The molecule has 0 heterocycles. The minimum Gasteiger partial charge on any atom is -0.287 e. The zero-order valence-electron chi connectivity index (χ0n) is 9.51. The molecule has 98 valence electrons. The zero-order valence-corrected chi connectivity index (χ0v) is 9.51. The van der Waals surface area contributed by atoms with Crippen LogP contribution in [0.4, 0.5) is 17.6 Å². The quantitative estimate of drug-likeness (QED) is 0.590. The Labute approximate surface area is 102 Å². The van der Waals surface area contributed by atoms with E-state index in [4.69, 9.17) is 0 Å². The molecule has 0 aromatic heterocycles. The normalized spacial score (nSPS) is 16.7. The van der Waals surface area contributed by atoms with E-state index in [9.17, 15) is 22.4 Å². The number of Topliss-reactive ketones (excluding diaryl/α,β-unsaturated/α-hetero) is 1. The topological polar surface area (TPSA) is 17.1 Å². The molecule has 1 fully saturated rings. The number of hydrogen-bond donors (Lipinski definition) is 0. The number of hydrogen-bond acceptors (Lipinski definition) is 1. The highest BCUT2D eigenvalue weighted by Crippen LogP contribution is 2.39. The van der Waals surface area contributed by atoms with Gasteiger partial charge in [0.15, 0.2) is 0 Å². The molecule has 1 aliphatic carbocycles. The van der Waals surface area contributed by atoms with Gasteiger partial charge in [0.05, 0.1) is 0 Å². The van der Waals surface area contributed by atoms with Gasteiger partial charge in [0.25, 0.3) is 0 Å². The third kappa shape index (κ3) is 2.13. The number of benzene rings is 1. The standard InChI is InChI=1S/C13H12F4O/c14-12(15)13(16,17)11(18)10-7-2-1-6-9(10)8-4-3-5-8/h1-2,6-8,12H,3-5H2. The average Bonchev–Trinajstić information content (AvgIpc) is 2.26. The molecule has 0 radical (unpaired) electrons. The molecule has 1 aromatic rings. The van der Waals surface area contributed by atoms with Crippen LogP contribution in [0, 0.1) is 0 Å². The van der Waals surface area contributed by atoms with Crippen LogP contribution in [0.1, 0.15) is 41.1 Å². The molecule has 2 rings (SSSR count). The Morgan fingerprint density at radius 2 is 1.83 bits per heavy atom. The summed E-state index contributed by atoms with van der Waals surface area (Å²) < 4.78 is 50.6. The molecule has 1 aromatic carbocycles. The number of rotatable bonds is 4. The Morgan fingerprint density at radius 3 is 2.33 bits per heavy atom. The monoisotopic (exact) mass is 260 g/mol. The van der Waals surface area contributed by atoms with Gasteiger partial charge in [0.1, 0.15) is 0 Å². The maximum Gasteiger partial charge on any atom is 0.368 e. The van der Waals surface area contributed by atoms with Crippen molar-refractivity contribution in [2.24, 2.45) is 0 Å². The maximum absolute atomic E-state index is 13.1. The summed E-state index contributed by atoms with van der Waals surface area (Å²) in [5.41, 5.74) is 0.196. The van der Waals surface area contributed by atoms with E-state index in [0.29, 0.717) is 5.56 Å². The van der Waals surface area contributed by atoms with Crippen LogP contribution in [0.2, 0.25) is 0 Å². The van der Waals surface area contributed by atoms with Crippen molar-refractivity contribution >= 4 is 5.78 Å². The van der Waals surface area contributed by atoms with Crippen LogP contribution >= 0.6 is 0 Å². The number of alkyl halides is 4. The Hall–Kier alpha value is -1.39. The third-order valence-electron chi connectivity index (χ3n) is 3.33. The Bertz CT molecular complexity index is 452. The molecule has 0 N–H and O–H groups in total. The van der Waals surface area contributed by atoms with E-state index >= 15 is 0 Å². The van der Waals surface area contributed by atoms with Crippen molar-refractivity contribution in [3.8, 4) is 0 Å². The van der Waals surface area contributed by atoms with Gasteiger partial charge in [0, 0.05) is 5.56 Å².